The van der Waals surface area contributed by atoms with Gasteiger partial charge in [-0.15, -0.1) is 0 Å². The van der Waals surface area contributed by atoms with Gasteiger partial charge in [0.05, 0.1) is 4.90 Å². The lowest BCUT2D eigenvalue weighted by atomic mass is 9.97. The lowest BCUT2D eigenvalue weighted by Gasteiger charge is -2.29. The molecule has 1 aromatic heterocycles. The lowest BCUT2D eigenvalue weighted by Crippen LogP contribution is -2.38. The highest BCUT2D eigenvalue weighted by atomic mass is 35.5. The molecule has 1 saturated heterocycles. The van der Waals surface area contributed by atoms with Crippen LogP contribution in [0.1, 0.15) is 30.1 Å². The monoisotopic (exact) mass is 417 g/mol. The Morgan fingerprint density at radius 1 is 1.04 bits per heavy atom. The molecule has 146 valence electrons. The molecule has 2 aromatic carbocycles. The molecule has 0 aliphatic carbocycles. The molecule has 4 rings (SSSR count). The number of hydrogen-bond donors (Lipinski definition) is 0. The molecule has 8 heteroatoms. The summed E-state index contributed by atoms with van der Waals surface area (Å²) in [6, 6.07) is 14.2. The Labute approximate surface area is 169 Å². The second kappa shape index (κ2) is 7.66. The molecule has 1 aliphatic heterocycles. The fourth-order valence-corrected chi connectivity index (χ4v) is 4.92. The zero-order chi connectivity index (χ0) is 19.7. The van der Waals surface area contributed by atoms with Crippen molar-refractivity contribution < 1.29 is 12.9 Å². The van der Waals surface area contributed by atoms with Gasteiger partial charge in [-0.05, 0) is 56.2 Å². The molecule has 3 aromatic rings. The van der Waals surface area contributed by atoms with Gasteiger partial charge >= 0.3 is 0 Å². The summed E-state index contributed by atoms with van der Waals surface area (Å²) in [6.45, 7) is 2.81. The topological polar surface area (TPSA) is 76.3 Å². The van der Waals surface area contributed by atoms with Gasteiger partial charge in [-0.1, -0.05) is 34.5 Å². The fourth-order valence-electron chi connectivity index (χ4n) is 3.32. The molecule has 0 N–H and O–H groups in total. The van der Waals surface area contributed by atoms with Gasteiger partial charge in [-0.25, -0.2) is 8.42 Å². The van der Waals surface area contributed by atoms with Crippen molar-refractivity contribution >= 4 is 21.6 Å². The Hall–Kier alpha value is -2.22. The molecule has 28 heavy (non-hydrogen) atoms. The van der Waals surface area contributed by atoms with Gasteiger partial charge < -0.3 is 4.52 Å². The van der Waals surface area contributed by atoms with Crippen LogP contribution >= 0.6 is 11.6 Å². The Bertz CT molecular complexity index is 1050. The van der Waals surface area contributed by atoms with Crippen LogP contribution in [0.3, 0.4) is 0 Å². The van der Waals surface area contributed by atoms with E-state index in [1.54, 1.807) is 24.3 Å². The maximum atomic E-state index is 12.8. The summed E-state index contributed by atoms with van der Waals surface area (Å²) < 4.78 is 32.6. The van der Waals surface area contributed by atoms with Crippen LogP contribution in [0.5, 0.6) is 0 Å². The molecule has 0 bridgehead atoms. The summed E-state index contributed by atoms with van der Waals surface area (Å²) in [5.74, 6) is 1.15. The van der Waals surface area contributed by atoms with Crippen molar-refractivity contribution in [1.29, 1.82) is 0 Å². The van der Waals surface area contributed by atoms with Gasteiger partial charge in [-0.3, -0.25) is 0 Å². The third-order valence-corrected chi connectivity index (χ3v) is 7.18. The van der Waals surface area contributed by atoms with E-state index in [2.05, 4.69) is 10.1 Å². The Morgan fingerprint density at radius 3 is 2.32 bits per heavy atom. The number of piperidine rings is 1. The second-order valence-electron chi connectivity index (χ2n) is 6.96. The van der Waals surface area contributed by atoms with Gasteiger partial charge in [0.2, 0.25) is 10.0 Å². The Balaban J connectivity index is 1.44. The van der Waals surface area contributed by atoms with Gasteiger partial charge in [0.1, 0.15) is 0 Å². The minimum atomic E-state index is -3.47. The SMILES string of the molecule is Cc1ccc(S(=O)(=O)N2CCC(c3noc(-c4ccc(Cl)cc4)n3)CC2)cc1. The quantitative estimate of drug-likeness (QED) is 0.633. The number of halogens is 1. The van der Waals surface area contributed by atoms with Gasteiger partial charge in [0, 0.05) is 29.6 Å². The van der Waals surface area contributed by atoms with Crippen LogP contribution in [0.4, 0.5) is 0 Å². The minimum Gasteiger partial charge on any atom is -0.334 e. The molecule has 0 unspecified atom stereocenters. The van der Waals surface area contributed by atoms with Crippen molar-refractivity contribution in [2.45, 2.75) is 30.6 Å². The van der Waals surface area contributed by atoms with Crippen LogP contribution in [0.15, 0.2) is 57.9 Å². The summed E-state index contributed by atoms with van der Waals surface area (Å²) in [6.07, 6.45) is 1.31. The van der Waals surface area contributed by atoms with E-state index in [9.17, 15) is 8.42 Å². The van der Waals surface area contributed by atoms with E-state index in [1.807, 2.05) is 31.2 Å². The summed E-state index contributed by atoms with van der Waals surface area (Å²) in [7, 11) is -3.47. The standard InChI is InChI=1S/C20H20ClN3O3S/c1-14-2-8-18(9-3-14)28(25,26)24-12-10-15(11-13-24)19-22-20(27-23-19)16-4-6-17(21)7-5-16/h2-9,15H,10-13H2,1H3. The van der Waals surface area contributed by atoms with Crippen LogP contribution in [0, 0.1) is 6.92 Å². The minimum absolute atomic E-state index is 0.0780. The number of benzene rings is 2. The first kappa shape index (κ1) is 19.1. The third kappa shape index (κ3) is 3.83. The maximum absolute atomic E-state index is 12.8. The third-order valence-electron chi connectivity index (χ3n) is 5.01. The first-order valence-electron chi connectivity index (χ1n) is 9.10. The summed E-state index contributed by atoms with van der Waals surface area (Å²) >= 11 is 5.91. The molecule has 0 atom stereocenters. The van der Waals surface area contributed by atoms with E-state index in [0.29, 0.717) is 47.6 Å². The molecular weight excluding hydrogens is 398 g/mol. The van der Waals surface area contributed by atoms with Crippen molar-refractivity contribution in [3.63, 3.8) is 0 Å². The molecule has 6 nitrogen and oxygen atoms in total. The number of aryl methyl sites for hydroxylation is 1. The molecule has 2 heterocycles. The van der Waals surface area contributed by atoms with Crippen molar-refractivity contribution in [2.24, 2.45) is 0 Å². The van der Waals surface area contributed by atoms with E-state index in [0.717, 1.165) is 11.1 Å². The van der Waals surface area contributed by atoms with Gasteiger partial charge in [0.15, 0.2) is 5.82 Å². The van der Waals surface area contributed by atoms with Crippen LogP contribution in [-0.2, 0) is 10.0 Å². The van der Waals surface area contributed by atoms with E-state index >= 15 is 0 Å². The molecule has 0 amide bonds. The Kier molecular flexibility index (Phi) is 5.23. The zero-order valence-electron chi connectivity index (χ0n) is 15.4. The number of aromatic nitrogens is 2. The molecule has 1 fully saturated rings. The van der Waals surface area contributed by atoms with Crippen LogP contribution in [-0.4, -0.2) is 36.0 Å². The fraction of sp³-hybridized carbons (Fsp3) is 0.300. The van der Waals surface area contributed by atoms with Gasteiger partial charge in [0.25, 0.3) is 5.89 Å². The van der Waals surface area contributed by atoms with Crippen molar-refractivity contribution in [2.75, 3.05) is 13.1 Å². The van der Waals surface area contributed by atoms with Crippen LogP contribution < -0.4 is 0 Å². The van der Waals surface area contributed by atoms with Gasteiger partial charge in [-0.2, -0.15) is 9.29 Å². The number of rotatable bonds is 4. The first-order valence-corrected chi connectivity index (χ1v) is 10.9. The van der Waals surface area contributed by atoms with E-state index < -0.39 is 10.0 Å². The first-order chi connectivity index (χ1) is 13.4. The average molecular weight is 418 g/mol. The molecule has 0 radical (unpaired) electrons. The number of sulfonamides is 1. The molecule has 0 spiro atoms. The summed E-state index contributed by atoms with van der Waals surface area (Å²) in [5, 5.41) is 4.75. The number of nitrogens with zero attached hydrogens (tertiary/aromatic N) is 3. The van der Waals surface area contributed by atoms with Crippen LogP contribution in [0.25, 0.3) is 11.5 Å². The highest BCUT2D eigenvalue weighted by Gasteiger charge is 2.31. The highest BCUT2D eigenvalue weighted by Crippen LogP contribution is 2.30. The normalized spacial score (nSPS) is 16.4. The lowest BCUT2D eigenvalue weighted by molar-refractivity contribution is 0.307. The van der Waals surface area contributed by atoms with E-state index in [4.69, 9.17) is 16.1 Å². The molecule has 0 saturated carbocycles. The highest BCUT2D eigenvalue weighted by molar-refractivity contribution is 7.89. The zero-order valence-corrected chi connectivity index (χ0v) is 16.9. The molecule has 1 aliphatic rings. The largest absolute Gasteiger partial charge is 0.334 e. The predicted octanol–water partition coefficient (Wildman–Crippen LogP) is 4.27. The second-order valence-corrected chi connectivity index (χ2v) is 9.33. The number of hydrogen-bond acceptors (Lipinski definition) is 5. The Morgan fingerprint density at radius 2 is 1.68 bits per heavy atom. The van der Waals surface area contributed by atoms with Crippen molar-refractivity contribution in [3.8, 4) is 11.5 Å². The van der Waals surface area contributed by atoms with E-state index in [-0.39, 0.29) is 5.92 Å². The maximum Gasteiger partial charge on any atom is 0.257 e. The smallest absolute Gasteiger partial charge is 0.257 e. The molecular formula is C20H20ClN3O3S. The predicted molar refractivity (Wildman–Crippen MR) is 107 cm³/mol. The van der Waals surface area contributed by atoms with E-state index in [1.165, 1.54) is 4.31 Å². The van der Waals surface area contributed by atoms with Crippen molar-refractivity contribution in [1.82, 2.24) is 14.4 Å². The summed E-state index contributed by atoms with van der Waals surface area (Å²) in [5.41, 5.74) is 1.84. The average Bonchev–Trinajstić information content (AvgIpc) is 3.19. The van der Waals surface area contributed by atoms with Crippen molar-refractivity contribution in [3.05, 3.63) is 64.9 Å². The summed E-state index contributed by atoms with van der Waals surface area (Å²) in [4.78, 5) is 4.83. The van der Waals surface area contributed by atoms with Crippen LogP contribution in [0.2, 0.25) is 5.02 Å².